The van der Waals surface area contributed by atoms with Crippen molar-refractivity contribution in [1.29, 1.82) is 0 Å². The van der Waals surface area contributed by atoms with Crippen LogP contribution in [0, 0.1) is 0 Å². The van der Waals surface area contributed by atoms with Crippen molar-refractivity contribution in [2.24, 2.45) is 0 Å². The third-order valence-corrected chi connectivity index (χ3v) is 3.16. The van der Waals surface area contributed by atoms with E-state index >= 15 is 0 Å². The van der Waals surface area contributed by atoms with Gasteiger partial charge in [0.2, 0.25) is 5.79 Å². The molecule has 2 rings (SSSR count). The zero-order valence-corrected chi connectivity index (χ0v) is 10.6. The van der Waals surface area contributed by atoms with Gasteiger partial charge in [-0.25, -0.2) is 0 Å². The van der Waals surface area contributed by atoms with Gasteiger partial charge in [0.1, 0.15) is 11.5 Å². The second-order valence-electron chi connectivity index (χ2n) is 4.27. The minimum absolute atomic E-state index is 0.0428. The number of hydrogen-bond donors (Lipinski definition) is 0. The molecule has 2 unspecified atom stereocenters. The Bertz CT molecular complexity index is 404. The molecule has 4 heteroatoms. The Morgan fingerprint density at radius 2 is 2.06 bits per heavy atom. The van der Waals surface area contributed by atoms with Crippen LogP contribution in [-0.4, -0.2) is 27.1 Å². The summed E-state index contributed by atoms with van der Waals surface area (Å²) in [5, 5.41) is 0. The first-order valence-electron chi connectivity index (χ1n) is 5.57. The second kappa shape index (κ2) is 4.55. The van der Waals surface area contributed by atoms with Crippen molar-refractivity contribution in [3.63, 3.8) is 0 Å². The average molecular weight is 238 g/mol. The maximum absolute atomic E-state index is 5.84. The summed E-state index contributed by atoms with van der Waals surface area (Å²) in [6.45, 7) is 1.91. The van der Waals surface area contributed by atoms with Crippen molar-refractivity contribution in [2.75, 3.05) is 21.3 Å². The first kappa shape index (κ1) is 12.2. The van der Waals surface area contributed by atoms with Crippen molar-refractivity contribution < 1.29 is 18.9 Å². The average Bonchev–Trinajstić information content (AvgIpc) is 2.37. The highest BCUT2D eigenvalue weighted by atomic mass is 16.7. The van der Waals surface area contributed by atoms with Crippen LogP contribution in [0.4, 0.5) is 0 Å². The van der Waals surface area contributed by atoms with Gasteiger partial charge in [0.25, 0.3) is 0 Å². The fourth-order valence-electron chi connectivity index (χ4n) is 2.05. The van der Waals surface area contributed by atoms with Crippen molar-refractivity contribution in [2.45, 2.75) is 25.2 Å². The number of fused-ring (bicyclic) bond motifs is 1. The molecule has 94 valence electrons. The third-order valence-electron chi connectivity index (χ3n) is 3.16. The summed E-state index contributed by atoms with van der Waals surface area (Å²) >= 11 is 0. The highest BCUT2D eigenvalue weighted by molar-refractivity contribution is 5.43. The topological polar surface area (TPSA) is 36.9 Å². The fourth-order valence-corrected chi connectivity index (χ4v) is 2.05. The predicted octanol–water partition coefficient (Wildman–Crippen LogP) is 2.53. The summed E-state index contributed by atoms with van der Waals surface area (Å²) in [7, 11) is 4.98. The predicted molar refractivity (Wildman–Crippen MR) is 63.4 cm³/mol. The van der Waals surface area contributed by atoms with Crippen molar-refractivity contribution in [1.82, 2.24) is 0 Å². The highest BCUT2D eigenvalue weighted by Crippen LogP contribution is 2.42. The molecular weight excluding hydrogens is 220 g/mol. The molecule has 0 aliphatic carbocycles. The van der Waals surface area contributed by atoms with Gasteiger partial charge in [0, 0.05) is 33.1 Å². The first-order valence-corrected chi connectivity index (χ1v) is 5.57. The number of ether oxygens (including phenoxy) is 4. The molecule has 1 heterocycles. The molecule has 0 N–H and O–H groups in total. The number of benzene rings is 1. The molecule has 0 saturated carbocycles. The van der Waals surface area contributed by atoms with Gasteiger partial charge in [-0.15, -0.1) is 0 Å². The van der Waals surface area contributed by atoms with Crippen LogP contribution in [0.2, 0.25) is 0 Å². The smallest absolute Gasteiger partial charge is 0.210 e. The van der Waals surface area contributed by atoms with Gasteiger partial charge >= 0.3 is 0 Å². The molecule has 17 heavy (non-hydrogen) atoms. The van der Waals surface area contributed by atoms with E-state index in [1.54, 1.807) is 21.3 Å². The van der Waals surface area contributed by atoms with Crippen LogP contribution in [0.3, 0.4) is 0 Å². The lowest BCUT2D eigenvalue weighted by atomic mass is 9.97. The summed E-state index contributed by atoms with van der Waals surface area (Å²) in [6.07, 6.45) is 0.610. The van der Waals surface area contributed by atoms with Crippen molar-refractivity contribution >= 4 is 0 Å². The van der Waals surface area contributed by atoms with E-state index in [-0.39, 0.29) is 6.10 Å². The van der Waals surface area contributed by atoms with Gasteiger partial charge in [-0.2, -0.15) is 0 Å². The second-order valence-corrected chi connectivity index (χ2v) is 4.27. The molecule has 2 atom stereocenters. The summed E-state index contributed by atoms with van der Waals surface area (Å²) < 4.78 is 21.9. The summed E-state index contributed by atoms with van der Waals surface area (Å²) in [4.78, 5) is 0. The van der Waals surface area contributed by atoms with Gasteiger partial charge in [0.15, 0.2) is 0 Å². The summed E-state index contributed by atoms with van der Waals surface area (Å²) in [6, 6.07) is 5.70. The van der Waals surface area contributed by atoms with E-state index in [0.29, 0.717) is 6.42 Å². The molecule has 0 fully saturated rings. The Morgan fingerprint density at radius 1 is 1.29 bits per heavy atom. The lowest BCUT2D eigenvalue weighted by Crippen LogP contribution is -2.40. The third kappa shape index (κ3) is 2.23. The summed E-state index contributed by atoms with van der Waals surface area (Å²) in [5.41, 5.74) is 1.00. The van der Waals surface area contributed by atoms with E-state index in [9.17, 15) is 0 Å². The number of methoxy groups -OCH3 is 3. The van der Waals surface area contributed by atoms with Gasteiger partial charge in [-0.3, -0.25) is 0 Å². The molecule has 1 aliphatic rings. The van der Waals surface area contributed by atoms with E-state index in [4.69, 9.17) is 18.9 Å². The highest BCUT2D eigenvalue weighted by Gasteiger charge is 2.37. The molecule has 1 aromatic carbocycles. The van der Waals surface area contributed by atoms with Crippen molar-refractivity contribution in [3.05, 3.63) is 23.8 Å². The lowest BCUT2D eigenvalue weighted by Gasteiger charge is -2.38. The SMILES string of the molecule is COc1ccc2c(c1)C(OC)CC(C)(OC)O2. The molecule has 0 radical (unpaired) electrons. The normalized spacial score (nSPS) is 27.2. The van der Waals surface area contributed by atoms with Crippen LogP contribution in [0.1, 0.15) is 25.0 Å². The Hall–Kier alpha value is -1.26. The summed E-state index contributed by atoms with van der Waals surface area (Å²) in [5.74, 6) is 0.950. The Morgan fingerprint density at radius 3 is 2.65 bits per heavy atom. The van der Waals surface area contributed by atoms with E-state index in [1.165, 1.54) is 0 Å². The zero-order chi connectivity index (χ0) is 12.5. The Balaban J connectivity index is 2.40. The standard InChI is InChI=1S/C13H18O4/c1-13(16-4)8-12(15-3)10-7-9(14-2)5-6-11(10)17-13/h5-7,12H,8H2,1-4H3. The fraction of sp³-hybridized carbons (Fsp3) is 0.538. The maximum atomic E-state index is 5.84. The quantitative estimate of drug-likeness (QED) is 0.810. The molecule has 0 aromatic heterocycles. The number of rotatable bonds is 3. The molecule has 4 nitrogen and oxygen atoms in total. The minimum atomic E-state index is -0.637. The van der Waals surface area contributed by atoms with Crippen molar-refractivity contribution in [3.8, 4) is 11.5 Å². The Kier molecular flexibility index (Phi) is 3.26. The first-order chi connectivity index (χ1) is 8.11. The Labute approximate surface area is 101 Å². The van der Waals surface area contributed by atoms with E-state index in [1.807, 2.05) is 25.1 Å². The minimum Gasteiger partial charge on any atom is -0.497 e. The molecule has 0 spiro atoms. The molecule has 0 saturated heterocycles. The van der Waals surface area contributed by atoms with E-state index < -0.39 is 5.79 Å². The zero-order valence-electron chi connectivity index (χ0n) is 10.6. The molecule has 1 aliphatic heterocycles. The van der Waals surface area contributed by atoms with Crippen LogP contribution >= 0.6 is 0 Å². The van der Waals surface area contributed by atoms with Crippen LogP contribution in [-0.2, 0) is 9.47 Å². The van der Waals surface area contributed by atoms with Gasteiger partial charge in [-0.1, -0.05) is 0 Å². The largest absolute Gasteiger partial charge is 0.497 e. The van der Waals surface area contributed by atoms with E-state index in [0.717, 1.165) is 17.1 Å². The monoisotopic (exact) mass is 238 g/mol. The maximum Gasteiger partial charge on any atom is 0.210 e. The van der Waals surface area contributed by atoms with Gasteiger partial charge in [0.05, 0.1) is 13.2 Å². The van der Waals surface area contributed by atoms with Crippen LogP contribution in [0.25, 0.3) is 0 Å². The van der Waals surface area contributed by atoms with E-state index in [2.05, 4.69) is 0 Å². The lowest BCUT2D eigenvalue weighted by molar-refractivity contribution is -0.184. The van der Waals surface area contributed by atoms with Crippen LogP contribution in [0.5, 0.6) is 11.5 Å². The van der Waals surface area contributed by atoms with Gasteiger partial charge < -0.3 is 18.9 Å². The van der Waals surface area contributed by atoms with Gasteiger partial charge in [-0.05, 0) is 18.2 Å². The molecular formula is C13H18O4. The molecule has 0 bridgehead atoms. The molecule has 0 amide bonds. The van der Waals surface area contributed by atoms with Crippen LogP contribution < -0.4 is 9.47 Å². The molecule has 1 aromatic rings. The van der Waals surface area contributed by atoms with Crippen LogP contribution in [0.15, 0.2) is 18.2 Å². The number of hydrogen-bond acceptors (Lipinski definition) is 4.